The molecule has 0 atom stereocenters. The van der Waals surface area contributed by atoms with Gasteiger partial charge in [0.1, 0.15) is 34.7 Å². The average molecular weight is 1070 g/mol. The summed E-state index contributed by atoms with van der Waals surface area (Å²) in [7, 11) is 3.70. The number of halogens is 6. The number of hydrogen-bond acceptors (Lipinski definition) is 15. The third-order valence-electron chi connectivity index (χ3n) is 12.6. The fourth-order valence-corrected chi connectivity index (χ4v) is 8.04. The number of benzene rings is 2. The van der Waals surface area contributed by atoms with Crippen molar-refractivity contribution in [3.8, 4) is 33.9 Å². The number of carbonyl (C=O) groups excluding carboxylic acids is 1. The third-order valence-corrected chi connectivity index (χ3v) is 12.6. The molecule has 0 aliphatic carbocycles. The van der Waals surface area contributed by atoms with E-state index in [1.807, 2.05) is 41.8 Å². The van der Waals surface area contributed by atoms with E-state index in [4.69, 9.17) is 20.3 Å². The van der Waals surface area contributed by atoms with E-state index in [-0.39, 0.29) is 34.4 Å². The van der Waals surface area contributed by atoms with E-state index in [0.717, 1.165) is 57.9 Å². The Labute approximate surface area is 435 Å². The van der Waals surface area contributed by atoms with E-state index in [2.05, 4.69) is 46.1 Å². The van der Waals surface area contributed by atoms with Gasteiger partial charge in [-0.15, -0.1) is 10.2 Å². The Morgan fingerprint density at radius 3 is 1.51 bits per heavy atom. The molecule has 0 radical (unpaired) electrons. The summed E-state index contributed by atoms with van der Waals surface area (Å²) in [6.45, 7) is 11.2. The zero-order valence-corrected chi connectivity index (χ0v) is 42.4. The summed E-state index contributed by atoms with van der Waals surface area (Å²) < 4.78 is 95.6. The molecule has 2 aliphatic heterocycles. The standard InChI is InChI=1S/C25H25F3N8O2.C15H15N5O2.C10H12F3N3O/c1-15-4-5-17(10-21(15)36-14-20(32-33-36)19-13-29-34(3)16(19)2)24(37)31-22-11-18(25(26,27)28)12-23(30-22)35-6-8-38-9-7-35;1-9-4-5-11(15(21)22)6-14(9)20-8-13(17-18-20)12-7-16-19(3)10(12)2;11-10(12,13)7-5-8(14)15-9(6-7)16-1-3-17-4-2-16/h4-5,10-14H,6-9H2,1-3H3,(H,30,31,37);4-8H,1-3H3,(H,21,22);5-6H,1-4H2,(H2,14,15). The van der Waals surface area contributed by atoms with Crippen LogP contribution in [0.5, 0.6) is 0 Å². The number of aromatic carboxylic acids is 1. The summed E-state index contributed by atoms with van der Waals surface area (Å²) in [5.74, 6) is -1.51. The number of aryl methyl sites for hydroxylation is 4. The average Bonchev–Trinajstić information content (AvgIpc) is 4.24. The second-order valence-corrected chi connectivity index (χ2v) is 17.8. The molecule has 2 fully saturated rings. The normalized spacial score (nSPS) is 13.9. The molecule has 2 aliphatic rings. The summed E-state index contributed by atoms with van der Waals surface area (Å²) in [4.78, 5) is 35.9. The number of nitrogens with one attached hydrogen (secondary N) is 1. The van der Waals surface area contributed by atoms with Gasteiger partial charge in [0.2, 0.25) is 0 Å². The highest BCUT2D eigenvalue weighted by atomic mass is 19.4. The minimum atomic E-state index is -4.60. The summed E-state index contributed by atoms with van der Waals surface area (Å²) in [6.07, 6.45) is -2.05. The van der Waals surface area contributed by atoms with Gasteiger partial charge in [-0.2, -0.15) is 36.5 Å². The van der Waals surface area contributed by atoms with E-state index in [1.165, 1.54) is 0 Å². The molecule has 27 heteroatoms. The fourth-order valence-electron chi connectivity index (χ4n) is 8.04. The number of hydrogen-bond donors (Lipinski definition) is 3. The molecular formula is C50H52F6N16O5. The van der Waals surface area contributed by atoms with Gasteiger partial charge in [0.25, 0.3) is 5.91 Å². The van der Waals surface area contributed by atoms with Crippen LogP contribution in [-0.2, 0) is 35.9 Å². The number of carboxylic acids is 1. The van der Waals surface area contributed by atoms with Crippen LogP contribution in [0.3, 0.4) is 0 Å². The molecule has 0 spiro atoms. The number of morpholine rings is 2. The number of anilines is 4. The number of pyridine rings is 2. The number of amides is 1. The van der Waals surface area contributed by atoms with Gasteiger partial charge in [-0.1, -0.05) is 22.6 Å². The smallest absolute Gasteiger partial charge is 0.416 e. The lowest BCUT2D eigenvalue weighted by Gasteiger charge is -2.28. The van der Waals surface area contributed by atoms with E-state index >= 15 is 0 Å². The Morgan fingerprint density at radius 1 is 0.623 bits per heavy atom. The molecule has 0 bridgehead atoms. The van der Waals surface area contributed by atoms with Crippen LogP contribution in [0.2, 0.25) is 0 Å². The highest BCUT2D eigenvalue weighted by Gasteiger charge is 2.34. The van der Waals surface area contributed by atoms with Gasteiger partial charge in [-0.25, -0.2) is 24.1 Å². The number of nitrogen functional groups attached to an aromatic ring is 1. The molecule has 4 N–H and O–H groups in total. The van der Waals surface area contributed by atoms with Crippen LogP contribution in [0.4, 0.5) is 49.6 Å². The molecule has 2 saturated heterocycles. The van der Waals surface area contributed by atoms with Crippen molar-refractivity contribution in [2.45, 2.75) is 40.0 Å². The Hall–Kier alpha value is -8.72. The number of carbonyl (C=O) groups is 2. The number of nitrogens with two attached hydrogens (primary N) is 1. The molecule has 77 heavy (non-hydrogen) atoms. The number of rotatable bonds is 9. The minimum absolute atomic E-state index is 0.124. The van der Waals surface area contributed by atoms with Crippen LogP contribution < -0.4 is 20.9 Å². The van der Waals surface area contributed by atoms with Crippen molar-refractivity contribution in [3.05, 3.63) is 130 Å². The lowest BCUT2D eigenvalue weighted by molar-refractivity contribution is -0.138. The SMILES string of the molecule is Cc1ccc(C(=O)Nc2cc(C(F)(F)F)cc(N3CCOCC3)n2)cc1-n1cc(-c2cnn(C)c2C)nn1.Cc1ccc(C(=O)O)cc1-n1cc(-c2cnn(C)c2C)nn1.Nc1cc(C(F)(F)F)cc(N2CCOCC2)n1. The molecule has 6 aromatic heterocycles. The van der Waals surface area contributed by atoms with Gasteiger partial charge >= 0.3 is 18.3 Å². The molecule has 0 saturated carbocycles. The highest BCUT2D eigenvalue weighted by Crippen LogP contribution is 2.35. The van der Waals surface area contributed by atoms with E-state index in [1.54, 1.807) is 89.7 Å². The molecule has 10 rings (SSSR count). The Morgan fingerprint density at radius 2 is 1.06 bits per heavy atom. The number of ether oxygens (including phenoxy) is 2. The van der Waals surface area contributed by atoms with Crippen LogP contribution in [-0.4, -0.2) is 129 Å². The number of alkyl halides is 6. The van der Waals surface area contributed by atoms with Gasteiger partial charge in [0.15, 0.2) is 0 Å². The molecule has 8 heterocycles. The zero-order chi connectivity index (χ0) is 55.3. The maximum absolute atomic E-state index is 13.6. The number of nitrogens with zero attached hydrogens (tertiary/aromatic N) is 14. The summed E-state index contributed by atoms with van der Waals surface area (Å²) >= 11 is 0. The third kappa shape index (κ3) is 12.9. The Balaban J connectivity index is 0.000000169. The quantitative estimate of drug-likeness (QED) is 0.120. The van der Waals surface area contributed by atoms with Crippen molar-refractivity contribution >= 4 is 35.1 Å². The molecule has 8 aromatic rings. The minimum Gasteiger partial charge on any atom is -0.478 e. The highest BCUT2D eigenvalue weighted by molar-refractivity contribution is 6.04. The van der Waals surface area contributed by atoms with E-state index < -0.39 is 35.4 Å². The van der Waals surface area contributed by atoms with E-state index in [0.29, 0.717) is 75.4 Å². The number of aromatic nitrogens is 12. The van der Waals surface area contributed by atoms with Crippen LogP contribution in [0.1, 0.15) is 54.4 Å². The maximum atomic E-state index is 13.6. The van der Waals surface area contributed by atoms with Gasteiger partial charge in [-0.05, 0) is 87.4 Å². The van der Waals surface area contributed by atoms with Crippen LogP contribution >= 0.6 is 0 Å². The first-order chi connectivity index (χ1) is 36.5. The Bertz CT molecular complexity index is 3410. The van der Waals surface area contributed by atoms with Crippen molar-refractivity contribution in [3.63, 3.8) is 0 Å². The maximum Gasteiger partial charge on any atom is 0.416 e. The van der Waals surface area contributed by atoms with Crippen molar-refractivity contribution in [1.29, 1.82) is 0 Å². The lowest BCUT2D eigenvalue weighted by atomic mass is 10.1. The summed E-state index contributed by atoms with van der Waals surface area (Å²) in [6, 6.07) is 13.5. The first-order valence-corrected chi connectivity index (χ1v) is 23.7. The zero-order valence-electron chi connectivity index (χ0n) is 42.4. The monoisotopic (exact) mass is 1070 g/mol. The van der Waals surface area contributed by atoms with Crippen LogP contribution in [0.25, 0.3) is 33.9 Å². The van der Waals surface area contributed by atoms with Crippen molar-refractivity contribution < 1.29 is 50.5 Å². The molecule has 1 amide bonds. The predicted molar refractivity (Wildman–Crippen MR) is 270 cm³/mol. The number of carboxylic acid groups (broad SMARTS) is 1. The lowest BCUT2D eigenvalue weighted by Crippen LogP contribution is -2.37. The molecule has 2 aromatic carbocycles. The molecule has 21 nitrogen and oxygen atoms in total. The van der Waals surface area contributed by atoms with Crippen molar-refractivity contribution in [2.24, 2.45) is 14.1 Å². The second kappa shape index (κ2) is 22.6. The largest absolute Gasteiger partial charge is 0.478 e. The van der Waals surface area contributed by atoms with Crippen molar-refractivity contribution in [2.75, 3.05) is 73.5 Å². The van der Waals surface area contributed by atoms with Gasteiger partial charge in [0.05, 0.1) is 79.3 Å². The molecule has 404 valence electrons. The van der Waals surface area contributed by atoms with Crippen molar-refractivity contribution in [1.82, 2.24) is 59.5 Å². The van der Waals surface area contributed by atoms with E-state index in [9.17, 15) is 35.9 Å². The Kier molecular flexibility index (Phi) is 16.0. The van der Waals surface area contributed by atoms with Gasteiger partial charge < -0.3 is 35.4 Å². The first-order valence-electron chi connectivity index (χ1n) is 23.7. The van der Waals surface area contributed by atoms with Gasteiger partial charge in [0, 0.05) is 68.4 Å². The summed E-state index contributed by atoms with van der Waals surface area (Å²) in [5.41, 5.74) is 12.2. The summed E-state index contributed by atoms with van der Waals surface area (Å²) in [5, 5.41) is 36.8. The predicted octanol–water partition coefficient (Wildman–Crippen LogP) is 7.29. The molecule has 0 unspecified atom stereocenters. The van der Waals surface area contributed by atoms with Crippen LogP contribution in [0.15, 0.2) is 85.5 Å². The van der Waals surface area contributed by atoms with Gasteiger partial charge in [-0.3, -0.25) is 14.2 Å². The first kappa shape index (κ1) is 54.5. The fraction of sp³-hybridized carbons (Fsp3) is 0.320. The topological polar surface area (TPSA) is 240 Å². The second-order valence-electron chi connectivity index (χ2n) is 17.8. The molecular weight excluding hydrogens is 1020 g/mol. The van der Waals surface area contributed by atoms with Crippen LogP contribution in [0, 0.1) is 27.7 Å².